The third-order valence-corrected chi connectivity index (χ3v) is 6.78. The fraction of sp³-hybridized carbons (Fsp3) is 0.250. The number of anilines is 1. The summed E-state index contributed by atoms with van der Waals surface area (Å²) in [4.78, 5) is 20.0. The zero-order valence-corrected chi connectivity index (χ0v) is 19.0. The lowest BCUT2D eigenvalue weighted by Gasteiger charge is -2.20. The summed E-state index contributed by atoms with van der Waals surface area (Å²) in [5, 5.41) is 1.33. The molecule has 2 aromatic heterocycles. The Labute approximate surface area is 185 Å². The molecule has 154 valence electrons. The summed E-state index contributed by atoms with van der Waals surface area (Å²) in [7, 11) is 0. The number of carbonyl (C=O) groups is 1. The van der Waals surface area contributed by atoms with Crippen molar-refractivity contribution >= 4 is 44.2 Å². The molecule has 0 radical (unpaired) electrons. The Morgan fingerprint density at radius 3 is 2.53 bits per heavy atom. The van der Waals surface area contributed by atoms with Gasteiger partial charge in [0.1, 0.15) is 5.76 Å². The standard InChI is InChI=1S/C24H23ClN2O2S/c1-14-10-15(2)19(16(3)11-14)12-22(28)27(13-18-6-5-9-29-18)24-26-23-17(4)20(25)7-8-21(23)30-24/h5-11H,12-13H2,1-4H3. The number of hydrogen-bond acceptors (Lipinski definition) is 4. The number of aromatic nitrogens is 1. The number of aryl methyl sites for hydroxylation is 4. The SMILES string of the molecule is Cc1cc(C)c(CC(=O)N(Cc2ccco2)c2nc3c(C)c(Cl)ccc3s2)c(C)c1. The highest BCUT2D eigenvalue weighted by atomic mass is 35.5. The van der Waals surface area contributed by atoms with Crippen LogP contribution in [0.1, 0.15) is 33.6 Å². The van der Waals surface area contributed by atoms with Crippen LogP contribution in [0.3, 0.4) is 0 Å². The fourth-order valence-electron chi connectivity index (χ4n) is 3.76. The van der Waals surface area contributed by atoms with Crippen LogP contribution in [-0.2, 0) is 17.8 Å². The minimum atomic E-state index is -0.00995. The number of carbonyl (C=O) groups excluding carboxylic acids is 1. The van der Waals surface area contributed by atoms with Crippen molar-refractivity contribution < 1.29 is 9.21 Å². The van der Waals surface area contributed by atoms with Gasteiger partial charge in [-0.25, -0.2) is 4.98 Å². The topological polar surface area (TPSA) is 46.3 Å². The van der Waals surface area contributed by atoms with Crippen LogP contribution < -0.4 is 4.90 Å². The molecule has 4 aromatic rings. The molecule has 4 nitrogen and oxygen atoms in total. The van der Waals surface area contributed by atoms with Gasteiger partial charge in [0, 0.05) is 5.02 Å². The fourth-order valence-corrected chi connectivity index (χ4v) is 4.95. The van der Waals surface area contributed by atoms with Gasteiger partial charge >= 0.3 is 0 Å². The summed E-state index contributed by atoms with van der Waals surface area (Å²) < 4.78 is 6.53. The predicted molar refractivity (Wildman–Crippen MR) is 124 cm³/mol. The maximum atomic E-state index is 13.5. The van der Waals surface area contributed by atoms with E-state index in [0.29, 0.717) is 23.1 Å². The normalized spacial score (nSPS) is 11.2. The molecule has 0 fully saturated rings. The van der Waals surface area contributed by atoms with Gasteiger partial charge in [0.05, 0.1) is 29.4 Å². The number of furan rings is 1. The van der Waals surface area contributed by atoms with Crippen molar-refractivity contribution in [2.24, 2.45) is 0 Å². The molecule has 0 aliphatic heterocycles. The highest BCUT2D eigenvalue weighted by Gasteiger charge is 2.23. The van der Waals surface area contributed by atoms with Crippen molar-refractivity contribution in [3.63, 3.8) is 0 Å². The lowest BCUT2D eigenvalue weighted by Crippen LogP contribution is -2.32. The van der Waals surface area contributed by atoms with E-state index >= 15 is 0 Å². The molecule has 0 N–H and O–H groups in total. The molecule has 2 aromatic carbocycles. The van der Waals surface area contributed by atoms with Gasteiger partial charge in [-0.2, -0.15) is 0 Å². The summed E-state index contributed by atoms with van der Waals surface area (Å²) in [5.74, 6) is 0.707. The van der Waals surface area contributed by atoms with Gasteiger partial charge in [-0.3, -0.25) is 9.69 Å². The van der Waals surface area contributed by atoms with Crippen LogP contribution in [0.5, 0.6) is 0 Å². The van der Waals surface area contributed by atoms with Crippen LogP contribution in [0.15, 0.2) is 47.1 Å². The molecule has 0 aliphatic carbocycles. The molecule has 0 unspecified atom stereocenters. The molecule has 0 aliphatic rings. The molecule has 0 saturated heterocycles. The summed E-state index contributed by atoms with van der Waals surface area (Å²) in [6, 6.07) is 11.8. The Morgan fingerprint density at radius 2 is 1.87 bits per heavy atom. The number of hydrogen-bond donors (Lipinski definition) is 0. The van der Waals surface area contributed by atoms with E-state index in [9.17, 15) is 4.79 Å². The molecule has 6 heteroatoms. The lowest BCUT2D eigenvalue weighted by molar-refractivity contribution is -0.118. The number of benzene rings is 2. The third-order valence-electron chi connectivity index (χ3n) is 5.33. The Morgan fingerprint density at radius 1 is 1.13 bits per heavy atom. The number of rotatable bonds is 5. The highest BCUT2D eigenvalue weighted by Crippen LogP contribution is 2.34. The first kappa shape index (κ1) is 20.6. The molecule has 0 saturated carbocycles. The number of halogens is 1. The van der Waals surface area contributed by atoms with Crippen LogP contribution >= 0.6 is 22.9 Å². The smallest absolute Gasteiger partial charge is 0.233 e. The number of nitrogens with zero attached hydrogens (tertiary/aromatic N) is 2. The first-order valence-electron chi connectivity index (χ1n) is 9.78. The maximum absolute atomic E-state index is 13.5. The maximum Gasteiger partial charge on any atom is 0.233 e. The van der Waals surface area contributed by atoms with Gasteiger partial charge in [-0.15, -0.1) is 0 Å². The molecule has 30 heavy (non-hydrogen) atoms. The van der Waals surface area contributed by atoms with E-state index < -0.39 is 0 Å². The Hall–Kier alpha value is -2.63. The molecule has 0 bridgehead atoms. The zero-order valence-electron chi connectivity index (χ0n) is 17.5. The first-order chi connectivity index (χ1) is 14.3. The van der Waals surface area contributed by atoms with E-state index in [1.807, 2.05) is 31.2 Å². The first-order valence-corrected chi connectivity index (χ1v) is 11.0. The Bertz CT molecular complexity index is 1200. The largest absolute Gasteiger partial charge is 0.467 e. The van der Waals surface area contributed by atoms with Crippen molar-refractivity contribution in [3.8, 4) is 0 Å². The number of thiazole rings is 1. The average molecular weight is 439 g/mol. The average Bonchev–Trinajstić information content (AvgIpc) is 3.35. The van der Waals surface area contributed by atoms with Crippen LogP contribution in [-0.4, -0.2) is 10.9 Å². The van der Waals surface area contributed by atoms with Crippen LogP contribution in [0.4, 0.5) is 5.13 Å². The molecular weight excluding hydrogens is 416 g/mol. The van der Waals surface area contributed by atoms with E-state index in [2.05, 4.69) is 32.9 Å². The Balaban J connectivity index is 1.73. The molecule has 1 amide bonds. The second-order valence-corrected chi connectivity index (χ2v) is 9.05. The molecule has 0 atom stereocenters. The summed E-state index contributed by atoms with van der Waals surface area (Å²) >= 11 is 7.77. The minimum absolute atomic E-state index is 0.00995. The van der Waals surface area contributed by atoms with Crippen LogP contribution in [0, 0.1) is 27.7 Å². The molecular formula is C24H23ClN2O2S. The van der Waals surface area contributed by atoms with Crippen LogP contribution in [0.25, 0.3) is 10.2 Å². The van der Waals surface area contributed by atoms with Gasteiger partial charge < -0.3 is 4.42 Å². The molecule has 0 spiro atoms. The van der Waals surface area contributed by atoms with Gasteiger partial charge in [-0.05, 0) is 74.2 Å². The van der Waals surface area contributed by atoms with E-state index in [-0.39, 0.29) is 5.91 Å². The monoisotopic (exact) mass is 438 g/mol. The van der Waals surface area contributed by atoms with Gasteiger partial charge in [0.15, 0.2) is 5.13 Å². The van der Waals surface area contributed by atoms with Crippen molar-refractivity contribution in [2.45, 2.75) is 40.7 Å². The third kappa shape index (κ3) is 4.00. The number of amides is 1. The molecule has 4 rings (SSSR count). The van der Waals surface area contributed by atoms with Crippen LogP contribution in [0.2, 0.25) is 5.02 Å². The van der Waals surface area contributed by atoms with Crippen molar-refractivity contribution in [3.05, 3.63) is 81.3 Å². The van der Waals surface area contributed by atoms with Crippen molar-refractivity contribution in [1.82, 2.24) is 4.98 Å². The van der Waals surface area contributed by atoms with Gasteiger partial charge in [0.2, 0.25) is 5.91 Å². The quantitative estimate of drug-likeness (QED) is 0.354. The second kappa shape index (κ2) is 8.25. The van der Waals surface area contributed by atoms with Gasteiger partial charge in [0.25, 0.3) is 0 Å². The zero-order chi connectivity index (χ0) is 21.4. The van der Waals surface area contributed by atoms with E-state index in [0.717, 1.165) is 38.2 Å². The second-order valence-electron chi connectivity index (χ2n) is 7.63. The summed E-state index contributed by atoms with van der Waals surface area (Å²) in [5.41, 5.74) is 6.29. The number of fused-ring (bicyclic) bond motifs is 1. The van der Waals surface area contributed by atoms with E-state index in [1.54, 1.807) is 11.2 Å². The highest BCUT2D eigenvalue weighted by molar-refractivity contribution is 7.22. The van der Waals surface area contributed by atoms with Crippen molar-refractivity contribution in [2.75, 3.05) is 4.90 Å². The summed E-state index contributed by atoms with van der Waals surface area (Å²) in [6.07, 6.45) is 1.93. The Kier molecular flexibility index (Phi) is 5.67. The lowest BCUT2D eigenvalue weighted by atomic mass is 9.97. The summed E-state index contributed by atoms with van der Waals surface area (Å²) in [6.45, 7) is 8.47. The predicted octanol–water partition coefficient (Wildman–Crippen LogP) is 6.55. The molecule has 2 heterocycles. The van der Waals surface area contributed by atoms with E-state index in [4.69, 9.17) is 21.0 Å². The van der Waals surface area contributed by atoms with Crippen molar-refractivity contribution in [1.29, 1.82) is 0 Å². The van der Waals surface area contributed by atoms with Gasteiger partial charge in [-0.1, -0.05) is 40.6 Å². The minimum Gasteiger partial charge on any atom is -0.467 e. The van der Waals surface area contributed by atoms with E-state index in [1.165, 1.54) is 16.9 Å².